The number of rotatable bonds is 6. The van der Waals surface area contributed by atoms with Gasteiger partial charge >= 0.3 is 0 Å². The summed E-state index contributed by atoms with van der Waals surface area (Å²) in [5.41, 5.74) is 1.58. The second-order valence-electron chi connectivity index (χ2n) is 6.99. The number of hydrogen-bond donors (Lipinski definition) is 2. The number of nitrogens with one attached hydrogen (secondary N) is 2. The third-order valence-corrected chi connectivity index (χ3v) is 5.94. The van der Waals surface area contributed by atoms with Gasteiger partial charge in [-0.1, -0.05) is 18.2 Å². The largest absolute Gasteiger partial charge is 0.467 e. The number of thiophene rings is 1. The number of benzene rings is 1. The molecule has 150 valence electrons. The van der Waals surface area contributed by atoms with Crippen LogP contribution in [0.4, 0.5) is 5.69 Å². The number of nitrogens with zero attached hydrogens (tertiary/aromatic N) is 1. The van der Waals surface area contributed by atoms with Crippen LogP contribution in [0.1, 0.15) is 38.6 Å². The molecular weight excluding hydrogens is 386 g/mol. The van der Waals surface area contributed by atoms with E-state index in [1.165, 1.54) is 11.3 Å². The predicted octanol–water partition coefficient (Wildman–Crippen LogP) is 3.67. The van der Waals surface area contributed by atoms with Crippen LogP contribution in [0.2, 0.25) is 0 Å². The molecule has 6 nitrogen and oxygen atoms in total. The van der Waals surface area contributed by atoms with E-state index in [9.17, 15) is 9.59 Å². The van der Waals surface area contributed by atoms with Crippen LogP contribution < -0.4 is 15.5 Å². The highest BCUT2D eigenvalue weighted by molar-refractivity contribution is 7.12. The molecule has 1 aromatic carbocycles. The Bertz CT molecular complexity index is 946. The monoisotopic (exact) mass is 409 g/mol. The van der Waals surface area contributed by atoms with E-state index in [1.54, 1.807) is 12.3 Å². The lowest BCUT2D eigenvalue weighted by atomic mass is 10.0. The van der Waals surface area contributed by atoms with Crippen LogP contribution in [0.25, 0.3) is 0 Å². The van der Waals surface area contributed by atoms with Crippen LogP contribution in [-0.4, -0.2) is 30.9 Å². The Labute approximate surface area is 173 Å². The molecule has 0 atom stereocenters. The molecule has 3 heterocycles. The zero-order valence-electron chi connectivity index (χ0n) is 16.0. The number of furan rings is 1. The topological polar surface area (TPSA) is 74.6 Å². The number of carbonyl (C=O) groups excluding carboxylic acids is 2. The molecule has 0 spiro atoms. The normalized spacial score (nSPS) is 14.6. The van der Waals surface area contributed by atoms with Crippen molar-refractivity contribution >= 4 is 28.8 Å². The summed E-state index contributed by atoms with van der Waals surface area (Å²) < 4.78 is 5.28. The van der Waals surface area contributed by atoms with Crippen molar-refractivity contribution in [2.45, 2.75) is 25.4 Å². The number of carbonyl (C=O) groups is 2. The molecular formula is C22H23N3O3S. The molecule has 2 N–H and O–H groups in total. The van der Waals surface area contributed by atoms with Crippen molar-refractivity contribution in [3.05, 3.63) is 76.4 Å². The van der Waals surface area contributed by atoms with Crippen molar-refractivity contribution < 1.29 is 14.0 Å². The van der Waals surface area contributed by atoms with Crippen LogP contribution in [-0.2, 0) is 6.54 Å². The molecule has 2 amide bonds. The van der Waals surface area contributed by atoms with E-state index >= 15 is 0 Å². The minimum atomic E-state index is -0.120. The summed E-state index contributed by atoms with van der Waals surface area (Å²) in [4.78, 5) is 27.9. The summed E-state index contributed by atoms with van der Waals surface area (Å²) in [6.45, 7) is 1.94. The Morgan fingerprint density at radius 1 is 1.03 bits per heavy atom. The number of anilines is 1. The van der Waals surface area contributed by atoms with Crippen LogP contribution in [0, 0.1) is 0 Å². The summed E-state index contributed by atoms with van der Waals surface area (Å²) in [6, 6.07) is 15.2. The Morgan fingerprint density at radius 3 is 2.59 bits per heavy atom. The first kappa shape index (κ1) is 19.3. The molecule has 1 saturated heterocycles. The van der Waals surface area contributed by atoms with Crippen molar-refractivity contribution in [2.75, 3.05) is 18.0 Å². The van der Waals surface area contributed by atoms with Gasteiger partial charge in [0.2, 0.25) is 0 Å². The van der Waals surface area contributed by atoms with Crippen LogP contribution >= 0.6 is 11.3 Å². The molecule has 4 rings (SSSR count). The fourth-order valence-electron chi connectivity index (χ4n) is 3.55. The van der Waals surface area contributed by atoms with Gasteiger partial charge in [0, 0.05) is 24.8 Å². The van der Waals surface area contributed by atoms with E-state index in [0.717, 1.165) is 42.3 Å². The maximum atomic E-state index is 12.7. The van der Waals surface area contributed by atoms with Gasteiger partial charge in [0.05, 0.1) is 23.2 Å². The quantitative estimate of drug-likeness (QED) is 0.651. The number of amides is 2. The third kappa shape index (κ3) is 4.68. The van der Waals surface area contributed by atoms with Gasteiger partial charge in [0.25, 0.3) is 11.8 Å². The molecule has 1 aliphatic heterocycles. The zero-order valence-corrected chi connectivity index (χ0v) is 16.8. The molecule has 1 aliphatic rings. The minimum Gasteiger partial charge on any atom is -0.467 e. The highest BCUT2D eigenvalue weighted by atomic mass is 32.1. The molecule has 0 bridgehead atoms. The van der Waals surface area contributed by atoms with Crippen LogP contribution in [0.15, 0.2) is 64.6 Å². The summed E-state index contributed by atoms with van der Waals surface area (Å²) >= 11 is 1.45. The Balaban J connectivity index is 1.36. The fraction of sp³-hybridized carbons (Fsp3) is 0.273. The van der Waals surface area contributed by atoms with E-state index in [1.807, 2.05) is 47.8 Å². The molecule has 29 heavy (non-hydrogen) atoms. The van der Waals surface area contributed by atoms with Crippen molar-refractivity contribution in [2.24, 2.45) is 0 Å². The molecule has 0 aliphatic carbocycles. The second-order valence-corrected chi connectivity index (χ2v) is 7.94. The van der Waals surface area contributed by atoms with Gasteiger partial charge in [-0.15, -0.1) is 11.3 Å². The van der Waals surface area contributed by atoms with Crippen molar-refractivity contribution in [1.29, 1.82) is 0 Å². The van der Waals surface area contributed by atoms with E-state index in [2.05, 4.69) is 15.5 Å². The second kappa shape index (κ2) is 8.96. The fourth-order valence-corrected chi connectivity index (χ4v) is 4.17. The molecule has 3 aromatic rings. The van der Waals surface area contributed by atoms with Gasteiger partial charge in [-0.25, -0.2) is 0 Å². The molecule has 0 saturated carbocycles. The summed E-state index contributed by atoms with van der Waals surface area (Å²) in [7, 11) is 0. The zero-order chi connectivity index (χ0) is 20.1. The van der Waals surface area contributed by atoms with Crippen molar-refractivity contribution in [1.82, 2.24) is 10.6 Å². The number of hydrogen-bond acceptors (Lipinski definition) is 5. The Morgan fingerprint density at radius 2 is 1.86 bits per heavy atom. The minimum absolute atomic E-state index is 0.00356. The number of piperidine rings is 1. The molecule has 2 aromatic heterocycles. The first-order valence-electron chi connectivity index (χ1n) is 9.69. The average molecular weight is 410 g/mol. The van der Waals surface area contributed by atoms with Gasteiger partial charge in [0.15, 0.2) is 0 Å². The molecule has 7 heteroatoms. The smallest absolute Gasteiger partial charge is 0.261 e. The molecule has 1 fully saturated rings. The van der Waals surface area contributed by atoms with Gasteiger partial charge in [0.1, 0.15) is 5.76 Å². The van der Waals surface area contributed by atoms with E-state index < -0.39 is 0 Å². The Hall–Kier alpha value is -3.06. The highest BCUT2D eigenvalue weighted by Gasteiger charge is 2.24. The lowest BCUT2D eigenvalue weighted by Gasteiger charge is -2.34. The standard InChI is InChI=1S/C22H23N3O3S/c26-21(23-15-17-5-3-13-28-17)18-6-1-2-7-19(18)25-11-9-16(10-12-25)24-22(27)20-8-4-14-29-20/h1-8,13-14,16H,9-12,15H2,(H,23,26)(H,24,27). The highest BCUT2D eigenvalue weighted by Crippen LogP contribution is 2.25. The molecule has 0 radical (unpaired) electrons. The molecule has 0 unspecified atom stereocenters. The first-order valence-corrected chi connectivity index (χ1v) is 10.6. The van der Waals surface area contributed by atoms with E-state index in [-0.39, 0.29) is 17.9 Å². The van der Waals surface area contributed by atoms with E-state index in [0.29, 0.717) is 12.1 Å². The van der Waals surface area contributed by atoms with Crippen molar-refractivity contribution in [3.8, 4) is 0 Å². The van der Waals surface area contributed by atoms with Gasteiger partial charge in [-0.05, 0) is 48.6 Å². The predicted molar refractivity (Wildman–Crippen MR) is 113 cm³/mol. The van der Waals surface area contributed by atoms with Crippen molar-refractivity contribution in [3.63, 3.8) is 0 Å². The van der Waals surface area contributed by atoms with E-state index in [4.69, 9.17) is 4.42 Å². The maximum Gasteiger partial charge on any atom is 0.261 e. The van der Waals surface area contributed by atoms with Gasteiger partial charge in [-0.2, -0.15) is 0 Å². The van der Waals surface area contributed by atoms with Gasteiger partial charge < -0.3 is 20.0 Å². The summed E-state index contributed by atoms with van der Waals surface area (Å²) in [6.07, 6.45) is 3.29. The summed E-state index contributed by atoms with van der Waals surface area (Å²) in [5, 5.41) is 7.95. The maximum absolute atomic E-state index is 12.7. The number of para-hydroxylation sites is 1. The summed E-state index contributed by atoms with van der Waals surface area (Å²) in [5.74, 6) is 0.597. The average Bonchev–Trinajstić information content (AvgIpc) is 3.47. The first-order chi connectivity index (χ1) is 14.2. The van der Waals surface area contributed by atoms with Gasteiger partial charge in [-0.3, -0.25) is 9.59 Å². The third-order valence-electron chi connectivity index (χ3n) is 5.07. The lowest BCUT2D eigenvalue weighted by Crippen LogP contribution is -2.45. The lowest BCUT2D eigenvalue weighted by molar-refractivity contribution is 0.0933. The SMILES string of the molecule is O=C(NC1CCN(c2ccccc2C(=O)NCc2ccco2)CC1)c1cccs1. The Kier molecular flexibility index (Phi) is 5.95. The van der Waals surface area contributed by atoms with Crippen LogP contribution in [0.5, 0.6) is 0 Å². The van der Waals surface area contributed by atoms with Crippen LogP contribution in [0.3, 0.4) is 0 Å².